The van der Waals surface area contributed by atoms with E-state index in [1.807, 2.05) is 0 Å². The van der Waals surface area contributed by atoms with E-state index in [0.717, 1.165) is 24.8 Å². The lowest BCUT2D eigenvalue weighted by Crippen LogP contribution is -2.58. The number of hydrogen-bond acceptors (Lipinski definition) is 4. The second-order valence-corrected chi connectivity index (χ2v) is 8.59. The van der Waals surface area contributed by atoms with Crippen LogP contribution in [-0.2, 0) is 4.74 Å². The molecule has 2 aliphatic carbocycles. The van der Waals surface area contributed by atoms with Crippen LogP contribution in [0.1, 0.15) is 40.0 Å². The van der Waals surface area contributed by atoms with Crippen molar-refractivity contribution >= 4 is 0 Å². The highest BCUT2D eigenvalue weighted by Gasteiger charge is 2.64. The van der Waals surface area contributed by atoms with Crippen molar-refractivity contribution in [3.8, 4) is 0 Å². The average Bonchev–Trinajstić information content (AvgIpc) is 3.05. The number of hydrogen-bond donors (Lipinski definition) is 3. The number of rotatable bonds is 3. The first-order valence-electron chi connectivity index (χ1n) is 9.05. The summed E-state index contributed by atoms with van der Waals surface area (Å²) < 4.78 is 5.97. The van der Waals surface area contributed by atoms with E-state index in [2.05, 4.69) is 32.9 Å². The molecule has 2 fully saturated rings. The van der Waals surface area contributed by atoms with Gasteiger partial charge in [-0.25, -0.2) is 0 Å². The van der Waals surface area contributed by atoms with E-state index in [1.54, 1.807) is 6.08 Å². The highest BCUT2D eigenvalue weighted by molar-refractivity contribution is 5.48. The largest absolute Gasteiger partial charge is 0.396 e. The van der Waals surface area contributed by atoms with Crippen LogP contribution in [0, 0.1) is 22.7 Å². The van der Waals surface area contributed by atoms with Crippen LogP contribution in [-0.4, -0.2) is 40.4 Å². The Kier molecular flexibility index (Phi) is 3.47. The highest BCUT2D eigenvalue weighted by Crippen LogP contribution is 2.66. The third-order valence-corrected chi connectivity index (χ3v) is 7.21. The Bertz CT molecular complexity index is 663. The minimum Gasteiger partial charge on any atom is -0.396 e. The van der Waals surface area contributed by atoms with Gasteiger partial charge in [-0.3, -0.25) is 0 Å². The molecule has 6 atom stereocenters. The molecule has 0 radical (unpaired) electrons. The number of ether oxygens (including phenoxy) is 1. The van der Waals surface area contributed by atoms with Crippen LogP contribution >= 0.6 is 0 Å². The average molecular weight is 332 g/mol. The van der Waals surface area contributed by atoms with E-state index >= 15 is 0 Å². The molecule has 1 saturated carbocycles. The van der Waals surface area contributed by atoms with Gasteiger partial charge in [0, 0.05) is 23.4 Å². The van der Waals surface area contributed by atoms with Crippen molar-refractivity contribution in [1.29, 1.82) is 0 Å². The molecule has 0 unspecified atom stereocenters. The molecule has 0 aromatic carbocycles. The van der Waals surface area contributed by atoms with E-state index < -0.39 is 11.2 Å². The normalized spacial score (nSPS) is 47.5. The van der Waals surface area contributed by atoms with Crippen molar-refractivity contribution in [1.82, 2.24) is 0 Å². The second-order valence-electron chi connectivity index (χ2n) is 8.59. The minimum atomic E-state index is -1.30. The molecule has 1 saturated heterocycles. The summed E-state index contributed by atoms with van der Waals surface area (Å²) in [5, 5.41) is 30.6. The lowest BCUT2D eigenvalue weighted by atomic mass is 9.52. The van der Waals surface area contributed by atoms with Crippen LogP contribution in [0.4, 0.5) is 0 Å². The van der Waals surface area contributed by atoms with Crippen molar-refractivity contribution in [3.05, 3.63) is 34.9 Å². The van der Waals surface area contributed by atoms with Crippen molar-refractivity contribution in [2.45, 2.75) is 51.9 Å². The summed E-state index contributed by atoms with van der Waals surface area (Å²) in [6.07, 6.45) is 8.65. The molecule has 132 valence electrons. The van der Waals surface area contributed by atoms with E-state index in [0.29, 0.717) is 0 Å². The maximum absolute atomic E-state index is 11.3. The van der Waals surface area contributed by atoms with Gasteiger partial charge in [0.15, 0.2) is 5.79 Å². The summed E-state index contributed by atoms with van der Waals surface area (Å²) in [4.78, 5) is 0. The fourth-order valence-corrected chi connectivity index (χ4v) is 5.48. The SMILES string of the molecule is C[C@H](CO)C1=C2[C@H]3C[C@H]4O[C@](O)(C=C4CO)[C@]3(C)CC[C@@]2(C)C=C1. The van der Waals surface area contributed by atoms with Crippen molar-refractivity contribution in [3.63, 3.8) is 0 Å². The molecule has 2 aliphatic heterocycles. The van der Waals surface area contributed by atoms with Crippen LogP contribution in [0.5, 0.6) is 0 Å². The first-order chi connectivity index (χ1) is 11.3. The van der Waals surface area contributed by atoms with Crippen molar-refractivity contribution < 1.29 is 20.1 Å². The molecule has 4 nitrogen and oxygen atoms in total. The molecule has 24 heavy (non-hydrogen) atoms. The fourth-order valence-electron chi connectivity index (χ4n) is 5.48. The number of allylic oxidation sites excluding steroid dienone is 3. The Morgan fingerprint density at radius 3 is 2.71 bits per heavy atom. The van der Waals surface area contributed by atoms with Crippen LogP contribution in [0.3, 0.4) is 0 Å². The molecule has 0 amide bonds. The molecule has 0 aromatic heterocycles. The van der Waals surface area contributed by atoms with Gasteiger partial charge in [-0.1, -0.05) is 38.5 Å². The van der Waals surface area contributed by atoms with Gasteiger partial charge in [0.05, 0.1) is 12.7 Å². The van der Waals surface area contributed by atoms with Gasteiger partial charge < -0.3 is 20.1 Å². The summed E-state index contributed by atoms with van der Waals surface area (Å²) in [5.74, 6) is -1.01. The molecule has 2 bridgehead atoms. The molecule has 4 rings (SSSR count). The molecule has 2 heterocycles. The van der Waals surface area contributed by atoms with Crippen LogP contribution in [0.25, 0.3) is 0 Å². The zero-order chi connectivity index (χ0) is 17.3. The van der Waals surface area contributed by atoms with Gasteiger partial charge in [0.2, 0.25) is 0 Å². The number of aliphatic hydroxyl groups excluding tert-OH is 2. The Balaban J connectivity index is 1.84. The van der Waals surface area contributed by atoms with Gasteiger partial charge in [-0.05, 0) is 42.4 Å². The third-order valence-electron chi connectivity index (χ3n) is 7.21. The Morgan fingerprint density at radius 1 is 1.29 bits per heavy atom. The first-order valence-corrected chi connectivity index (χ1v) is 9.05. The molecule has 4 aliphatic rings. The highest BCUT2D eigenvalue weighted by atomic mass is 16.6. The van der Waals surface area contributed by atoms with E-state index in [-0.39, 0.29) is 36.6 Å². The van der Waals surface area contributed by atoms with Crippen molar-refractivity contribution in [2.75, 3.05) is 13.2 Å². The number of aliphatic hydroxyl groups is 3. The van der Waals surface area contributed by atoms with E-state index in [9.17, 15) is 15.3 Å². The summed E-state index contributed by atoms with van der Waals surface area (Å²) in [6.45, 7) is 6.52. The first kappa shape index (κ1) is 16.5. The lowest BCUT2D eigenvalue weighted by molar-refractivity contribution is -0.287. The minimum absolute atomic E-state index is 0.00938. The topological polar surface area (TPSA) is 69.9 Å². The predicted molar refractivity (Wildman–Crippen MR) is 91.0 cm³/mol. The van der Waals surface area contributed by atoms with Crippen LogP contribution < -0.4 is 0 Å². The summed E-state index contributed by atoms with van der Waals surface area (Å²) in [6, 6.07) is 0. The molecule has 0 spiro atoms. The molecule has 0 aromatic rings. The Hall–Kier alpha value is -0.940. The third kappa shape index (κ3) is 1.88. The molecular formula is C20H28O4. The summed E-state index contributed by atoms with van der Waals surface area (Å²) in [7, 11) is 0. The smallest absolute Gasteiger partial charge is 0.192 e. The number of fused-ring (bicyclic) bond motifs is 6. The zero-order valence-corrected chi connectivity index (χ0v) is 14.7. The molecule has 3 N–H and O–H groups in total. The Labute approximate surface area is 143 Å². The summed E-state index contributed by atoms with van der Waals surface area (Å²) in [5.41, 5.74) is 3.01. The zero-order valence-electron chi connectivity index (χ0n) is 14.7. The second kappa shape index (κ2) is 5.04. The quantitative estimate of drug-likeness (QED) is 0.694. The molecular weight excluding hydrogens is 304 g/mol. The van der Waals surface area contributed by atoms with Gasteiger partial charge in [0.25, 0.3) is 0 Å². The van der Waals surface area contributed by atoms with Crippen molar-refractivity contribution in [2.24, 2.45) is 22.7 Å². The maximum Gasteiger partial charge on any atom is 0.192 e. The lowest BCUT2D eigenvalue weighted by Gasteiger charge is -2.57. The maximum atomic E-state index is 11.3. The van der Waals surface area contributed by atoms with Crippen LogP contribution in [0.2, 0.25) is 0 Å². The van der Waals surface area contributed by atoms with Gasteiger partial charge >= 0.3 is 0 Å². The fraction of sp³-hybridized carbons (Fsp3) is 0.700. The van der Waals surface area contributed by atoms with E-state index in [1.165, 1.54) is 11.1 Å². The van der Waals surface area contributed by atoms with Gasteiger partial charge in [-0.15, -0.1) is 0 Å². The van der Waals surface area contributed by atoms with Gasteiger partial charge in [0.1, 0.15) is 0 Å². The standard InChI is InChI=1S/C20H28O4/c1-12(10-21)14-4-5-18(2)6-7-19(3)15(17(14)18)8-16-13(11-22)9-20(19,23)24-16/h4-5,9,12,15-16,21-23H,6-8,10-11H2,1-3H3/t12-,15-,16-,18-,19-,20-/m1/s1. The monoisotopic (exact) mass is 332 g/mol. The Morgan fingerprint density at radius 2 is 2.04 bits per heavy atom. The van der Waals surface area contributed by atoms with Gasteiger partial charge in [-0.2, -0.15) is 0 Å². The predicted octanol–water partition coefficient (Wildman–Crippen LogP) is 2.31. The van der Waals surface area contributed by atoms with E-state index in [4.69, 9.17) is 4.74 Å². The van der Waals surface area contributed by atoms with Crippen LogP contribution in [0.15, 0.2) is 34.9 Å². The summed E-state index contributed by atoms with van der Waals surface area (Å²) >= 11 is 0. The molecule has 4 heteroatoms.